The van der Waals surface area contributed by atoms with Crippen molar-refractivity contribution in [2.45, 2.75) is 6.54 Å². The van der Waals surface area contributed by atoms with Crippen molar-refractivity contribution >= 4 is 5.97 Å². The van der Waals surface area contributed by atoms with Crippen LogP contribution in [0.15, 0.2) is 32.3 Å². The zero-order chi connectivity index (χ0) is 12.4. The number of aromatic amines is 1. The Morgan fingerprint density at radius 2 is 2.24 bits per heavy atom. The van der Waals surface area contributed by atoms with Crippen LogP contribution in [0.2, 0.25) is 0 Å². The number of nitrogens with one attached hydrogen (secondary N) is 1. The van der Waals surface area contributed by atoms with Gasteiger partial charge in [0.2, 0.25) is 0 Å². The molecule has 0 radical (unpaired) electrons. The molecule has 0 bridgehead atoms. The zero-order valence-corrected chi connectivity index (χ0v) is 8.41. The van der Waals surface area contributed by atoms with Gasteiger partial charge in [0.25, 0.3) is 11.1 Å². The SMILES string of the molecule is O=C(O)c1cc(Cn2[nH]c(=O)ccc2=O)on1. The largest absolute Gasteiger partial charge is 0.476 e. The molecule has 0 unspecified atom stereocenters. The number of carboxylic acid groups (broad SMARTS) is 1. The van der Waals surface area contributed by atoms with Crippen molar-refractivity contribution in [3.8, 4) is 0 Å². The van der Waals surface area contributed by atoms with E-state index in [1.807, 2.05) is 0 Å². The Bertz CT molecular complexity index is 666. The second-order valence-corrected chi connectivity index (χ2v) is 3.22. The minimum atomic E-state index is -1.23. The number of aromatic carboxylic acids is 1. The lowest BCUT2D eigenvalue weighted by molar-refractivity contribution is 0.0685. The lowest BCUT2D eigenvalue weighted by Crippen LogP contribution is -2.28. The molecule has 0 fully saturated rings. The molecular formula is C9H7N3O5. The van der Waals surface area contributed by atoms with Gasteiger partial charge in [0.15, 0.2) is 11.5 Å². The average molecular weight is 237 g/mol. The van der Waals surface area contributed by atoms with Gasteiger partial charge in [0.1, 0.15) is 6.54 Å². The van der Waals surface area contributed by atoms with Gasteiger partial charge in [-0.05, 0) is 0 Å². The molecule has 0 aliphatic rings. The van der Waals surface area contributed by atoms with Crippen LogP contribution in [0.5, 0.6) is 0 Å². The Morgan fingerprint density at radius 1 is 1.47 bits per heavy atom. The van der Waals surface area contributed by atoms with E-state index in [0.717, 1.165) is 16.8 Å². The third-order valence-electron chi connectivity index (χ3n) is 1.98. The Balaban J connectivity index is 2.31. The summed E-state index contributed by atoms with van der Waals surface area (Å²) in [6, 6.07) is 3.38. The van der Waals surface area contributed by atoms with Crippen molar-refractivity contribution in [3.63, 3.8) is 0 Å². The molecule has 0 saturated heterocycles. The number of carboxylic acids is 1. The van der Waals surface area contributed by atoms with E-state index in [4.69, 9.17) is 9.63 Å². The molecule has 2 rings (SSSR count). The molecule has 0 atom stereocenters. The maximum Gasteiger partial charge on any atom is 0.358 e. The normalized spacial score (nSPS) is 10.4. The molecule has 0 amide bonds. The van der Waals surface area contributed by atoms with Crippen molar-refractivity contribution in [2.24, 2.45) is 0 Å². The van der Waals surface area contributed by atoms with Gasteiger partial charge in [-0.3, -0.25) is 14.7 Å². The first kappa shape index (κ1) is 10.9. The quantitative estimate of drug-likeness (QED) is 0.726. The first-order chi connectivity index (χ1) is 8.06. The van der Waals surface area contributed by atoms with Crippen molar-refractivity contribution in [1.29, 1.82) is 0 Å². The second kappa shape index (κ2) is 4.08. The highest BCUT2D eigenvalue weighted by Gasteiger charge is 2.11. The van der Waals surface area contributed by atoms with Crippen molar-refractivity contribution in [2.75, 3.05) is 0 Å². The van der Waals surface area contributed by atoms with Gasteiger partial charge in [-0.1, -0.05) is 5.16 Å². The van der Waals surface area contributed by atoms with Crippen LogP contribution >= 0.6 is 0 Å². The Labute approximate surface area is 93.1 Å². The number of hydrogen-bond acceptors (Lipinski definition) is 5. The topological polar surface area (TPSA) is 118 Å². The standard InChI is InChI=1S/C9H7N3O5/c13-7-1-2-8(14)12(10-7)4-5-3-6(9(15)16)11-17-5/h1-3H,4H2,(H,10,13)(H,15,16). The molecular weight excluding hydrogens is 230 g/mol. The minimum absolute atomic E-state index is 0.0881. The van der Waals surface area contributed by atoms with Gasteiger partial charge in [-0.25, -0.2) is 9.48 Å². The van der Waals surface area contributed by atoms with E-state index in [1.165, 1.54) is 6.07 Å². The first-order valence-electron chi connectivity index (χ1n) is 4.55. The van der Waals surface area contributed by atoms with Gasteiger partial charge in [-0.15, -0.1) is 0 Å². The summed E-state index contributed by atoms with van der Waals surface area (Å²) in [6.07, 6.45) is 0. The van der Waals surface area contributed by atoms with Crippen LogP contribution in [0.4, 0.5) is 0 Å². The zero-order valence-electron chi connectivity index (χ0n) is 8.41. The fourth-order valence-corrected chi connectivity index (χ4v) is 1.22. The summed E-state index contributed by atoms with van der Waals surface area (Å²) in [5.74, 6) is -1.07. The molecule has 17 heavy (non-hydrogen) atoms. The maximum atomic E-state index is 11.3. The molecule has 2 aromatic rings. The van der Waals surface area contributed by atoms with E-state index in [9.17, 15) is 14.4 Å². The highest BCUT2D eigenvalue weighted by Crippen LogP contribution is 2.03. The molecule has 8 heteroatoms. The van der Waals surface area contributed by atoms with E-state index in [0.29, 0.717) is 0 Å². The van der Waals surface area contributed by atoms with Crippen LogP contribution in [0.1, 0.15) is 16.2 Å². The van der Waals surface area contributed by atoms with Crippen LogP contribution < -0.4 is 11.1 Å². The van der Waals surface area contributed by atoms with Crippen LogP contribution in [0.3, 0.4) is 0 Å². The lowest BCUT2D eigenvalue weighted by Gasteiger charge is -1.99. The highest BCUT2D eigenvalue weighted by molar-refractivity contribution is 5.85. The number of H-pyrrole nitrogens is 1. The fourth-order valence-electron chi connectivity index (χ4n) is 1.22. The maximum absolute atomic E-state index is 11.3. The fraction of sp³-hybridized carbons (Fsp3) is 0.111. The number of hydrogen-bond donors (Lipinski definition) is 2. The average Bonchev–Trinajstić information content (AvgIpc) is 2.72. The Kier molecular flexibility index (Phi) is 2.61. The minimum Gasteiger partial charge on any atom is -0.476 e. The number of rotatable bonds is 3. The molecule has 2 N–H and O–H groups in total. The summed E-state index contributed by atoms with van der Waals surface area (Å²) in [5.41, 5.74) is -1.13. The van der Waals surface area contributed by atoms with Gasteiger partial charge in [0.05, 0.1) is 0 Å². The summed E-state index contributed by atoms with van der Waals surface area (Å²) < 4.78 is 5.71. The second-order valence-electron chi connectivity index (χ2n) is 3.22. The molecule has 2 aromatic heterocycles. The van der Waals surface area contributed by atoms with Crippen LogP contribution in [-0.4, -0.2) is 26.0 Å². The lowest BCUT2D eigenvalue weighted by atomic mass is 10.3. The number of nitrogens with zero attached hydrogens (tertiary/aromatic N) is 2. The third-order valence-corrected chi connectivity index (χ3v) is 1.98. The Morgan fingerprint density at radius 3 is 2.88 bits per heavy atom. The Hall–Kier alpha value is -2.64. The third kappa shape index (κ3) is 2.30. The van der Waals surface area contributed by atoms with Crippen molar-refractivity contribution < 1.29 is 14.4 Å². The van der Waals surface area contributed by atoms with Crippen molar-refractivity contribution in [1.82, 2.24) is 14.9 Å². The van der Waals surface area contributed by atoms with Gasteiger partial charge >= 0.3 is 5.97 Å². The van der Waals surface area contributed by atoms with Gasteiger partial charge in [-0.2, -0.15) is 0 Å². The molecule has 0 aromatic carbocycles. The molecule has 0 aliphatic carbocycles. The van der Waals surface area contributed by atoms with E-state index in [2.05, 4.69) is 10.3 Å². The number of carbonyl (C=O) groups is 1. The van der Waals surface area contributed by atoms with Crippen molar-refractivity contribution in [3.05, 3.63) is 50.4 Å². The van der Waals surface area contributed by atoms with Crippen LogP contribution in [0, 0.1) is 0 Å². The summed E-state index contributed by atoms with van der Waals surface area (Å²) in [6.45, 7) is -0.0881. The predicted octanol–water partition coefficient (Wildman–Crippen LogP) is -0.729. The molecule has 2 heterocycles. The number of aromatic nitrogens is 3. The van der Waals surface area contributed by atoms with E-state index in [-0.39, 0.29) is 18.0 Å². The van der Waals surface area contributed by atoms with E-state index in [1.54, 1.807) is 0 Å². The van der Waals surface area contributed by atoms with E-state index < -0.39 is 17.1 Å². The summed E-state index contributed by atoms with van der Waals surface area (Å²) in [4.78, 5) is 32.9. The molecule has 0 saturated carbocycles. The smallest absolute Gasteiger partial charge is 0.358 e. The molecule has 8 nitrogen and oxygen atoms in total. The first-order valence-corrected chi connectivity index (χ1v) is 4.55. The molecule has 0 spiro atoms. The summed E-state index contributed by atoms with van der Waals surface area (Å²) >= 11 is 0. The highest BCUT2D eigenvalue weighted by atomic mass is 16.5. The molecule has 0 aliphatic heterocycles. The summed E-state index contributed by atoms with van der Waals surface area (Å²) in [5, 5.41) is 14.2. The van der Waals surface area contributed by atoms with E-state index >= 15 is 0 Å². The summed E-state index contributed by atoms with van der Waals surface area (Å²) in [7, 11) is 0. The predicted molar refractivity (Wildman–Crippen MR) is 53.9 cm³/mol. The van der Waals surface area contributed by atoms with Crippen LogP contribution in [0.25, 0.3) is 0 Å². The van der Waals surface area contributed by atoms with Gasteiger partial charge in [0, 0.05) is 18.2 Å². The monoisotopic (exact) mass is 237 g/mol. The van der Waals surface area contributed by atoms with Crippen LogP contribution in [-0.2, 0) is 6.54 Å². The molecule has 88 valence electrons. The van der Waals surface area contributed by atoms with Gasteiger partial charge < -0.3 is 9.63 Å².